The fourth-order valence-corrected chi connectivity index (χ4v) is 2.01. The number of rotatable bonds is 3. The van der Waals surface area contributed by atoms with E-state index in [2.05, 4.69) is 25.3 Å². The summed E-state index contributed by atoms with van der Waals surface area (Å²) in [6.45, 7) is 0. The first-order valence-electron chi connectivity index (χ1n) is 6.05. The fraction of sp³-hybridized carbons (Fsp3) is 0.0769. The van der Waals surface area contributed by atoms with E-state index in [1.807, 2.05) is 0 Å². The molecule has 106 valence electrons. The molecule has 0 fully saturated rings. The monoisotopic (exact) mass is 304 g/mol. The van der Waals surface area contributed by atoms with Gasteiger partial charge >= 0.3 is 0 Å². The number of imidazole rings is 1. The summed E-state index contributed by atoms with van der Waals surface area (Å²) in [5.41, 5.74) is 0.526. The van der Waals surface area contributed by atoms with Gasteiger partial charge in [0.25, 0.3) is 0 Å². The minimum absolute atomic E-state index is 0.236. The second-order valence-electron chi connectivity index (χ2n) is 4.13. The predicted molar refractivity (Wildman–Crippen MR) is 76.9 cm³/mol. The number of benzene rings is 1. The molecule has 0 aliphatic heterocycles. The van der Waals surface area contributed by atoms with Crippen molar-refractivity contribution in [1.29, 1.82) is 0 Å². The summed E-state index contributed by atoms with van der Waals surface area (Å²) in [7, 11) is 1.70. The highest BCUT2D eigenvalue weighted by atomic mass is 35.5. The normalized spacial score (nSPS) is 10.6. The number of anilines is 1. The van der Waals surface area contributed by atoms with Crippen molar-refractivity contribution in [1.82, 2.24) is 24.5 Å². The van der Waals surface area contributed by atoms with E-state index in [1.54, 1.807) is 30.3 Å². The van der Waals surface area contributed by atoms with Gasteiger partial charge in [0.1, 0.15) is 12.1 Å². The van der Waals surface area contributed by atoms with E-state index in [-0.39, 0.29) is 5.02 Å². The zero-order valence-corrected chi connectivity index (χ0v) is 11.7. The molecule has 0 aliphatic rings. The van der Waals surface area contributed by atoms with Crippen LogP contribution in [0.1, 0.15) is 0 Å². The predicted octanol–water partition coefficient (Wildman–Crippen LogP) is 2.56. The molecule has 2 aromatic heterocycles. The molecule has 1 aromatic carbocycles. The molecule has 21 heavy (non-hydrogen) atoms. The topological polar surface area (TPSA) is 68.5 Å². The van der Waals surface area contributed by atoms with Crippen molar-refractivity contribution in [3.05, 3.63) is 47.8 Å². The first-order valence-corrected chi connectivity index (χ1v) is 6.43. The van der Waals surface area contributed by atoms with E-state index in [0.29, 0.717) is 23.3 Å². The van der Waals surface area contributed by atoms with Crippen LogP contribution in [0, 0.1) is 5.82 Å². The van der Waals surface area contributed by atoms with Crippen molar-refractivity contribution >= 4 is 17.5 Å². The smallest absolute Gasteiger partial charge is 0.240 e. The Kier molecular flexibility index (Phi) is 3.49. The lowest BCUT2D eigenvalue weighted by atomic mass is 10.2. The van der Waals surface area contributed by atoms with Crippen molar-refractivity contribution in [2.75, 3.05) is 12.4 Å². The van der Waals surface area contributed by atoms with Crippen LogP contribution in [0.5, 0.6) is 0 Å². The Bertz CT molecular complexity index is 774. The summed E-state index contributed by atoms with van der Waals surface area (Å²) in [5, 5.41) is 3.09. The van der Waals surface area contributed by atoms with Crippen molar-refractivity contribution in [2.24, 2.45) is 0 Å². The van der Waals surface area contributed by atoms with E-state index in [1.165, 1.54) is 18.2 Å². The van der Waals surface area contributed by atoms with Gasteiger partial charge in [-0.15, -0.1) is 0 Å². The number of hydrogen-bond acceptors (Lipinski definition) is 5. The first-order chi connectivity index (χ1) is 10.2. The van der Waals surface area contributed by atoms with Crippen LogP contribution in [0.15, 0.2) is 36.9 Å². The second kappa shape index (κ2) is 5.45. The Morgan fingerprint density at radius 3 is 2.76 bits per heavy atom. The number of halogens is 2. The van der Waals surface area contributed by atoms with E-state index >= 15 is 0 Å². The van der Waals surface area contributed by atoms with Crippen LogP contribution in [-0.4, -0.2) is 31.6 Å². The number of nitrogens with zero attached hydrogens (tertiary/aromatic N) is 5. The Morgan fingerprint density at radius 2 is 2.10 bits per heavy atom. The van der Waals surface area contributed by atoms with Crippen LogP contribution < -0.4 is 5.32 Å². The highest BCUT2D eigenvalue weighted by Crippen LogP contribution is 2.26. The van der Waals surface area contributed by atoms with Gasteiger partial charge in [-0.3, -0.25) is 4.57 Å². The van der Waals surface area contributed by atoms with Gasteiger partial charge in [-0.1, -0.05) is 11.6 Å². The molecule has 0 amide bonds. The molecule has 0 saturated carbocycles. The summed E-state index contributed by atoms with van der Waals surface area (Å²) < 4.78 is 14.8. The molecule has 0 saturated heterocycles. The largest absolute Gasteiger partial charge is 0.357 e. The highest BCUT2D eigenvalue weighted by Gasteiger charge is 2.12. The van der Waals surface area contributed by atoms with E-state index < -0.39 is 5.82 Å². The fourth-order valence-electron chi connectivity index (χ4n) is 1.76. The summed E-state index contributed by atoms with van der Waals surface area (Å²) in [6.07, 6.45) is 4.91. The van der Waals surface area contributed by atoms with E-state index in [0.717, 1.165) is 0 Å². The van der Waals surface area contributed by atoms with Crippen LogP contribution in [0.25, 0.3) is 17.3 Å². The van der Waals surface area contributed by atoms with Gasteiger partial charge in [0.2, 0.25) is 11.9 Å². The Morgan fingerprint density at radius 1 is 1.24 bits per heavy atom. The quantitative estimate of drug-likeness (QED) is 0.805. The van der Waals surface area contributed by atoms with Gasteiger partial charge in [0.05, 0.1) is 5.02 Å². The van der Waals surface area contributed by atoms with Gasteiger partial charge in [-0.2, -0.15) is 15.0 Å². The average Bonchev–Trinajstić information content (AvgIpc) is 3.01. The summed E-state index contributed by atoms with van der Waals surface area (Å²) in [6, 6.07) is 4.06. The molecule has 0 bridgehead atoms. The van der Waals surface area contributed by atoms with Crippen molar-refractivity contribution in [3.63, 3.8) is 0 Å². The van der Waals surface area contributed by atoms with Crippen LogP contribution in [0.2, 0.25) is 5.02 Å². The maximum Gasteiger partial charge on any atom is 0.240 e. The Hall–Kier alpha value is -2.54. The number of hydrogen-bond donors (Lipinski definition) is 1. The second-order valence-corrected chi connectivity index (χ2v) is 4.53. The minimum Gasteiger partial charge on any atom is -0.357 e. The molecule has 0 spiro atoms. The molecule has 8 heteroatoms. The highest BCUT2D eigenvalue weighted by molar-refractivity contribution is 6.33. The maximum atomic E-state index is 13.1. The van der Waals surface area contributed by atoms with Crippen molar-refractivity contribution < 1.29 is 4.39 Å². The van der Waals surface area contributed by atoms with Gasteiger partial charge in [0.15, 0.2) is 5.82 Å². The van der Waals surface area contributed by atoms with E-state index in [9.17, 15) is 4.39 Å². The van der Waals surface area contributed by atoms with Crippen LogP contribution in [0.3, 0.4) is 0 Å². The van der Waals surface area contributed by atoms with Crippen molar-refractivity contribution in [2.45, 2.75) is 0 Å². The van der Waals surface area contributed by atoms with Crippen LogP contribution in [-0.2, 0) is 0 Å². The van der Waals surface area contributed by atoms with Gasteiger partial charge in [0, 0.05) is 25.0 Å². The maximum absolute atomic E-state index is 13.1. The molecule has 0 aliphatic carbocycles. The lowest BCUT2D eigenvalue weighted by molar-refractivity contribution is 0.628. The standard InChI is InChI=1S/C13H10ClFN6/c1-16-12-18-11(9-3-2-8(15)6-10(9)14)19-13(20-12)21-5-4-17-7-21/h2-7H,1H3,(H,16,18,19,20). The molecule has 1 N–H and O–H groups in total. The molecule has 0 atom stereocenters. The first kappa shape index (κ1) is 13.4. The molecule has 3 aromatic rings. The van der Waals surface area contributed by atoms with E-state index in [4.69, 9.17) is 11.6 Å². The molecule has 0 unspecified atom stereocenters. The Labute approximate surface area is 124 Å². The molecule has 2 heterocycles. The van der Waals surface area contributed by atoms with Crippen LogP contribution >= 0.6 is 11.6 Å². The third kappa shape index (κ3) is 2.68. The molecular weight excluding hydrogens is 295 g/mol. The average molecular weight is 305 g/mol. The summed E-state index contributed by atoms with van der Waals surface area (Å²) in [5.74, 6) is 0.705. The molecule has 6 nitrogen and oxygen atoms in total. The molecular formula is C13H10ClFN6. The number of aromatic nitrogens is 5. The van der Waals surface area contributed by atoms with Crippen molar-refractivity contribution in [3.8, 4) is 17.3 Å². The lowest BCUT2D eigenvalue weighted by Gasteiger charge is -2.08. The van der Waals surface area contributed by atoms with Crippen LogP contribution in [0.4, 0.5) is 10.3 Å². The third-order valence-corrected chi connectivity index (χ3v) is 3.07. The van der Waals surface area contributed by atoms with Gasteiger partial charge in [-0.05, 0) is 18.2 Å². The number of nitrogens with one attached hydrogen (secondary N) is 1. The zero-order valence-electron chi connectivity index (χ0n) is 11.0. The molecule has 0 radical (unpaired) electrons. The zero-order chi connectivity index (χ0) is 14.8. The minimum atomic E-state index is -0.415. The SMILES string of the molecule is CNc1nc(-c2ccc(F)cc2Cl)nc(-n2ccnc2)n1. The van der Waals surface area contributed by atoms with Gasteiger partial charge in [-0.25, -0.2) is 9.37 Å². The Balaban J connectivity index is 2.16. The summed E-state index contributed by atoms with van der Waals surface area (Å²) >= 11 is 6.06. The van der Waals surface area contributed by atoms with Gasteiger partial charge < -0.3 is 5.32 Å². The third-order valence-electron chi connectivity index (χ3n) is 2.75. The molecule has 3 rings (SSSR count). The summed E-state index contributed by atoms with van der Waals surface area (Å²) in [4.78, 5) is 16.8. The lowest BCUT2D eigenvalue weighted by Crippen LogP contribution is -2.07.